The van der Waals surface area contributed by atoms with Crippen molar-refractivity contribution >= 4 is 21.6 Å². The van der Waals surface area contributed by atoms with Crippen molar-refractivity contribution in [3.05, 3.63) is 89.5 Å². The smallest absolute Gasteiger partial charge is 0.278 e. The second kappa shape index (κ2) is 8.49. The van der Waals surface area contributed by atoms with Crippen LogP contribution in [0.4, 0.5) is 5.69 Å². The minimum atomic E-state index is -4.10. The van der Waals surface area contributed by atoms with Crippen molar-refractivity contribution in [3.8, 4) is 5.75 Å². The Balaban J connectivity index is 2.01. The number of ether oxygens (including phenoxy) is 1. The molecule has 3 aromatic carbocycles. The second-order valence-corrected chi connectivity index (χ2v) is 8.66. The SMILES string of the molecule is Cc1cccc(OCC(=O)N(c2cc(C)ccc2C)S(=O)(=O)c2ccccc2)c1. The van der Waals surface area contributed by atoms with E-state index in [2.05, 4.69) is 0 Å². The summed E-state index contributed by atoms with van der Waals surface area (Å²) in [6.07, 6.45) is 0. The summed E-state index contributed by atoms with van der Waals surface area (Å²) in [7, 11) is -4.10. The van der Waals surface area contributed by atoms with Gasteiger partial charge in [-0.2, -0.15) is 4.31 Å². The van der Waals surface area contributed by atoms with Gasteiger partial charge in [0.25, 0.3) is 15.9 Å². The van der Waals surface area contributed by atoms with Crippen molar-refractivity contribution in [2.24, 2.45) is 0 Å². The van der Waals surface area contributed by atoms with Gasteiger partial charge in [-0.15, -0.1) is 0 Å². The van der Waals surface area contributed by atoms with Gasteiger partial charge in [0.15, 0.2) is 6.61 Å². The number of carbonyl (C=O) groups is 1. The van der Waals surface area contributed by atoms with Crippen LogP contribution in [-0.4, -0.2) is 20.9 Å². The summed E-state index contributed by atoms with van der Waals surface area (Å²) >= 11 is 0. The molecule has 5 nitrogen and oxygen atoms in total. The lowest BCUT2D eigenvalue weighted by atomic mass is 10.1. The average Bonchev–Trinajstić information content (AvgIpc) is 2.70. The highest BCUT2D eigenvalue weighted by Crippen LogP contribution is 2.28. The van der Waals surface area contributed by atoms with E-state index in [1.165, 1.54) is 12.1 Å². The number of amides is 1. The molecule has 0 heterocycles. The van der Waals surface area contributed by atoms with Crippen molar-refractivity contribution in [3.63, 3.8) is 0 Å². The molecule has 0 unspecified atom stereocenters. The molecule has 6 heteroatoms. The third-order valence-electron chi connectivity index (χ3n) is 4.44. The Kier molecular flexibility index (Phi) is 6.03. The first kappa shape index (κ1) is 20.6. The van der Waals surface area contributed by atoms with Crippen LogP contribution in [0.5, 0.6) is 5.75 Å². The molecule has 0 N–H and O–H groups in total. The largest absolute Gasteiger partial charge is 0.484 e. The number of sulfonamides is 1. The van der Waals surface area contributed by atoms with Crippen molar-refractivity contribution in [1.82, 2.24) is 0 Å². The molecule has 0 aliphatic heterocycles. The zero-order chi connectivity index (χ0) is 21.0. The molecule has 0 fully saturated rings. The Bertz CT molecular complexity index is 1120. The van der Waals surface area contributed by atoms with Crippen molar-refractivity contribution in [2.75, 3.05) is 10.9 Å². The highest BCUT2D eigenvalue weighted by Gasteiger charge is 2.32. The lowest BCUT2D eigenvalue weighted by molar-refractivity contribution is -0.119. The van der Waals surface area contributed by atoms with Crippen LogP contribution < -0.4 is 9.04 Å². The molecule has 3 rings (SSSR count). The molecule has 0 aliphatic carbocycles. The normalized spacial score (nSPS) is 11.1. The minimum Gasteiger partial charge on any atom is -0.484 e. The summed E-state index contributed by atoms with van der Waals surface area (Å²) in [6.45, 7) is 5.14. The molecular formula is C23H23NO4S. The lowest BCUT2D eigenvalue weighted by Gasteiger charge is -2.24. The monoisotopic (exact) mass is 409 g/mol. The van der Waals surface area contributed by atoms with Gasteiger partial charge in [-0.25, -0.2) is 8.42 Å². The van der Waals surface area contributed by atoms with Gasteiger partial charge in [0.2, 0.25) is 0 Å². The van der Waals surface area contributed by atoms with Crippen LogP contribution in [0, 0.1) is 20.8 Å². The first-order chi connectivity index (χ1) is 13.8. The van der Waals surface area contributed by atoms with Gasteiger partial charge in [0.1, 0.15) is 5.75 Å². The standard InChI is InChI=1S/C23H23NO4S/c1-17-8-7-9-20(14-17)28-16-23(25)24(22-15-18(2)12-13-19(22)3)29(26,27)21-10-5-4-6-11-21/h4-15H,16H2,1-3H3. The molecular weight excluding hydrogens is 386 g/mol. The molecule has 0 radical (unpaired) electrons. The van der Waals surface area contributed by atoms with Crippen LogP contribution in [0.3, 0.4) is 0 Å². The number of nitrogens with zero attached hydrogens (tertiary/aromatic N) is 1. The minimum absolute atomic E-state index is 0.0461. The molecule has 0 saturated carbocycles. The molecule has 0 spiro atoms. The zero-order valence-corrected chi connectivity index (χ0v) is 17.4. The van der Waals surface area contributed by atoms with E-state index in [0.717, 1.165) is 15.4 Å². The predicted molar refractivity (Wildman–Crippen MR) is 114 cm³/mol. The van der Waals surface area contributed by atoms with Crippen molar-refractivity contribution in [1.29, 1.82) is 0 Å². The Hall–Kier alpha value is -3.12. The average molecular weight is 410 g/mol. The molecule has 3 aromatic rings. The van der Waals surface area contributed by atoms with E-state index < -0.39 is 22.5 Å². The zero-order valence-electron chi connectivity index (χ0n) is 16.6. The first-order valence-corrected chi connectivity index (χ1v) is 10.6. The van der Waals surface area contributed by atoms with Crippen LogP contribution in [-0.2, 0) is 14.8 Å². The van der Waals surface area contributed by atoms with E-state index in [-0.39, 0.29) is 4.90 Å². The van der Waals surface area contributed by atoms with Gasteiger partial charge in [0.05, 0.1) is 10.6 Å². The van der Waals surface area contributed by atoms with Crippen LogP contribution in [0.1, 0.15) is 16.7 Å². The van der Waals surface area contributed by atoms with E-state index >= 15 is 0 Å². The number of anilines is 1. The van der Waals surface area contributed by atoms with E-state index in [4.69, 9.17) is 4.74 Å². The van der Waals surface area contributed by atoms with E-state index in [1.807, 2.05) is 32.0 Å². The second-order valence-electron chi connectivity index (χ2n) is 6.87. The Labute approximate surface area is 171 Å². The molecule has 0 aliphatic rings. The third kappa shape index (κ3) is 4.66. The number of hydrogen-bond acceptors (Lipinski definition) is 4. The molecule has 0 aromatic heterocycles. The van der Waals surface area contributed by atoms with Crippen molar-refractivity contribution in [2.45, 2.75) is 25.7 Å². The van der Waals surface area contributed by atoms with Crippen molar-refractivity contribution < 1.29 is 17.9 Å². The number of benzene rings is 3. The van der Waals surface area contributed by atoms with Gasteiger partial charge in [-0.1, -0.05) is 42.5 Å². The number of aryl methyl sites for hydroxylation is 3. The molecule has 150 valence electrons. The van der Waals surface area contributed by atoms with E-state index in [1.54, 1.807) is 49.4 Å². The maximum absolute atomic E-state index is 13.4. The van der Waals surface area contributed by atoms with E-state index in [0.29, 0.717) is 17.0 Å². The summed E-state index contributed by atoms with van der Waals surface area (Å²) in [5.74, 6) is -0.152. The fourth-order valence-corrected chi connectivity index (χ4v) is 4.43. The van der Waals surface area contributed by atoms with Gasteiger partial charge in [-0.3, -0.25) is 4.79 Å². The first-order valence-electron chi connectivity index (χ1n) is 9.19. The van der Waals surface area contributed by atoms with Crippen LogP contribution in [0.25, 0.3) is 0 Å². The lowest BCUT2D eigenvalue weighted by Crippen LogP contribution is -2.40. The van der Waals surface area contributed by atoms with Crippen LogP contribution in [0.2, 0.25) is 0 Å². The molecule has 29 heavy (non-hydrogen) atoms. The quantitative estimate of drug-likeness (QED) is 0.605. The highest BCUT2D eigenvalue weighted by atomic mass is 32.2. The fourth-order valence-electron chi connectivity index (χ4n) is 2.94. The summed E-state index contributed by atoms with van der Waals surface area (Å²) in [5.41, 5.74) is 2.84. The fraction of sp³-hybridized carbons (Fsp3) is 0.174. The number of hydrogen-bond donors (Lipinski definition) is 0. The van der Waals surface area contributed by atoms with Crippen LogP contribution >= 0.6 is 0 Å². The molecule has 0 atom stereocenters. The molecule has 0 saturated heterocycles. The van der Waals surface area contributed by atoms with Gasteiger partial charge >= 0.3 is 0 Å². The predicted octanol–water partition coefficient (Wildman–Crippen LogP) is 4.41. The highest BCUT2D eigenvalue weighted by molar-refractivity contribution is 7.93. The Morgan fingerprint density at radius 3 is 2.24 bits per heavy atom. The summed E-state index contributed by atoms with van der Waals surface area (Å²) in [4.78, 5) is 13.2. The summed E-state index contributed by atoms with van der Waals surface area (Å²) in [6, 6.07) is 20.6. The topological polar surface area (TPSA) is 63.7 Å². The molecule has 1 amide bonds. The summed E-state index contributed by atoms with van der Waals surface area (Å²) in [5, 5.41) is 0. The van der Waals surface area contributed by atoms with Gasteiger partial charge in [0, 0.05) is 0 Å². The third-order valence-corrected chi connectivity index (χ3v) is 6.19. The van der Waals surface area contributed by atoms with Crippen LogP contribution in [0.15, 0.2) is 77.7 Å². The number of carbonyl (C=O) groups excluding carboxylic acids is 1. The van der Waals surface area contributed by atoms with Gasteiger partial charge < -0.3 is 4.74 Å². The van der Waals surface area contributed by atoms with E-state index in [9.17, 15) is 13.2 Å². The maximum Gasteiger partial charge on any atom is 0.278 e. The van der Waals surface area contributed by atoms with Gasteiger partial charge in [-0.05, 0) is 67.8 Å². The number of rotatable bonds is 6. The maximum atomic E-state index is 13.4. The summed E-state index contributed by atoms with van der Waals surface area (Å²) < 4.78 is 33.1. The Morgan fingerprint density at radius 2 is 1.55 bits per heavy atom. The molecule has 0 bridgehead atoms. The Morgan fingerprint density at radius 1 is 0.862 bits per heavy atom.